The van der Waals surface area contributed by atoms with E-state index in [9.17, 15) is 13.5 Å². The summed E-state index contributed by atoms with van der Waals surface area (Å²) < 4.78 is 22.1. The van der Waals surface area contributed by atoms with E-state index in [2.05, 4.69) is 12.2 Å². The summed E-state index contributed by atoms with van der Waals surface area (Å²) in [7, 11) is -2.84. The van der Waals surface area contributed by atoms with Crippen LogP contribution in [0, 0.1) is 5.92 Å². The van der Waals surface area contributed by atoms with Crippen molar-refractivity contribution < 1.29 is 13.5 Å². The molecule has 2 N–H and O–H groups in total. The van der Waals surface area contributed by atoms with Crippen molar-refractivity contribution in [2.45, 2.75) is 44.6 Å². The second kappa shape index (κ2) is 8.61. The van der Waals surface area contributed by atoms with Gasteiger partial charge in [-0.2, -0.15) is 11.8 Å². The lowest BCUT2D eigenvalue weighted by atomic mass is 9.85. The van der Waals surface area contributed by atoms with Gasteiger partial charge in [0.05, 0.1) is 12.4 Å². The first-order valence-corrected chi connectivity index (χ1v) is 10.8. The summed E-state index contributed by atoms with van der Waals surface area (Å²) in [5.41, 5.74) is -0.0899. The van der Waals surface area contributed by atoms with Crippen LogP contribution in [0.4, 0.5) is 0 Å². The number of rotatable bonds is 10. The van der Waals surface area contributed by atoms with E-state index in [0.29, 0.717) is 11.7 Å². The highest BCUT2D eigenvalue weighted by molar-refractivity contribution is 8.00. The summed E-state index contributed by atoms with van der Waals surface area (Å²) in [5.74, 6) is 2.45. The van der Waals surface area contributed by atoms with Crippen LogP contribution in [0.1, 0.15) is 39.0 Å². The molecule has 1 rings (SSSR count). The molecule has 2 atom stereocenters. The minimum atomic E-state index is -2.84. The van der Waals surface area contributed by atoms with Gasteiger partial charge in [0.15, 0.2) is 0 Å². The van der Waals surface area contributed by atoms with Gasteiger partial charge in [-0.15, -0.1) is 0 Å². The molecule has 0 aromatic carbocycles. The lowest BCUT2D eigenvalue weighted by Gasteiger charge is -2.35. The van der Waals surface area contributed by atoms with E-state index < -0.39 is 9.84 Å². The Morgan fingerprint density at radius 1 is 1.40 bits per heavy atom. The third-order valence-corrected chi connectivity index (χ3v) is 6.40. The zero-order valence-electron chi connectivity index (χ0n) is 12.7. The molecule has 0 aromatic rings. The van der Waals surface area contributed by atoms with Crippen LogP contribution < -0.4 is 5.32 Å². The summed E-state index contributed by atoms with van der Waals surface area (Å²) in [4.78, 5) is 0. The van der Waals surface area contributed by atoms with Crippen molar-refractivity contribution >= 4 is 21.6 Å². The molecule has 2 unspecified atom stereocenters. The Morgan fingerprint density at radius 2 is 2.15 bits per heavy atom. The number of hydrogen-bond acceptors (Lipinski definition) is 5. The predicted molar refractivity (Wildman–Crippen MR) is 87.1 cm³/mol. The molecule has 0 spiro atoms. The fraction of sp³-hybridized carbons (Fsp3) is 1.00. The van der Waals surface area contributed by atoms with Gasteiger partial charge in [-0.3, -0.25) is 0 Å². The summed E-state index contributed by atoms with van der Waals surface area (Å²) in [5, 5.41) is 13.3. The molecule has 4 nitrogen and oxygen atoms in total. The number of aliphatic hydroxyl groups is 1. The average Bonchev–Trinajstić information content (AvgIpc) is 2.78. The molecule has 20 heavy (non-hydrogen) atoms. The van der Waals surface area contributed by atoms with E-state index in [0.717, 1.165) is 31.6 Å². The topological polar surface area (TPSA) is 66.4 Å². The van der Waals surface area contributed by atoms with Gasteiger partial charge in [0.25, 0.3) is 0 Å². The molecule has 0 saturated heterocycles. The molecule has 0 radical (unpaired) electrons. The summed E-state index contributed by atoms with van der Waals surface area (Å²) in [6, 6.07) is 0. The van der Waals surface area contributed by atoms with Crippen molar-refractivity contribution in [2.24, 2.45) is 5.92 Å². The van der Waals surface area contributed by atoms with Crippen molar-refractivity contribution in [3.8, 4) is 0 Å². The van der Waals surface area contributed by atoms with E-state index in [-0.39, 0.29) is 17.9 Å². The molecule has 0 aliphatic heterocycles. The second-order valence-electron chi connectivity index (χ2n) is 5.86. The minimum Gasteiger partial charge on any atom is -0.394 e. The van der Waals surface area contributed by atoms with Crippen molar-refractivity contribution in [3.05, 3.63) is 0 Å². The average molecular weight is 324 g/mol. The quantitative estimate of drug-likeness (QED) is 0.599. The Balaban J connectivity index is 2.33. The smallest absolute Gasteiger partial charge is 0.148 e. The SMILES string of the molecule is CCCNC1(CO)CCCC1CCSCCS(C)(=O)=O. The maximum Gasteiger partial charge on any atom is 0.148 e. The molecule has 1 fully saturated rings. The largest absolute Gasteiger partial charge is 0.394 e. The maximum atomic E-state index is 11.1. The standard InChI is InChI=1S/C14H29NO3S2/c1-3-8-15-14(12-16)7-4-5-13(14)6-9-19-10-11-20(2,17)18/h13,15-16H,3-12H2,1-2H3. The lowest BCUT2D eigenvalue weighted by Crippen LogP contribution is -2.51. The summed E-state index contributed by atoms with van der Waals surface area (Å²) in [6.07, 6.45) is 6.83. The van der Waals surface area contributed by atoms with E-state index in [1.165, 1.54) is 19.1 Å². The van der Waals surface area contributed by atoms with Crippen molar-refractivity contribution in [1.29, 1.82) is 0 Å². The molecule has 120 valence electrons. The maximum absolute atomic E-state index is 11.1. The number of aliphatic hydroxyl groups excluding tert-OH is 1. The first-order chi connectivity index (χ1) is 9.43. The summed E-state index contributed by atoms with van der Waals surface area (Å²) >= 11 is 1.71. The molecule has 1 saturated carbocycles. The van der Waals surface area contributed by atoms with Gasteiger partial charge in [0.2, 0.25) is 0 Å². The third kappa shape index (κ3) is 5.92. The van der Waals surface area contributed by atoms with Gasteiger partial charge < -0.3 is 10.4 Å². The second-order valence-corrected chi connectivity index (χ2v) is 9.35. The van der Waals surface area contributed by atoms with Gasteiger partial charge >= 0.3 is 0 Å². The summed E-state index contributed by atoms with van der Waals surface area (Å²) in [6.45, 7) is 3.31. The number of thioether (sulfide) groups is 1. The molecular formula is C14H29NO3S2. The first kappa shape index (κ1) is 18.3. The molecule has 0 bridgehead atoms. The van der Waals surface area contributed by atoms with E-state index >= 15 is 0 Å². The van der Waals surface area contributed by atoms with E-state index in [1.54, 1.807) is 11.8 Å². The molecule has 6 heteroatoms. The number of nitrogens with one attached hydrogen (secondary N) is 1. The Kier molecular flexibility index (Phi) is 7.87. The van der Waals surface area contributed by atoms with Crippen molar-refractivity contribution in [2.75, 3.05) is 36.7 Å². The monoisotopic (exact) mass is 323 g/mol. The third-order valence-electron chi connectivity index (χ3n) is 4.18. The molecule has 0 amide bonds. The van der Waals surface area contributed by atoms with Gasteiger partial charge in [0, 0.05) is 17.5 Å². The number of hydrogen-bond donors (Lipinski definition) is 2. The van der Waals surface area contributed by atoms with Crippen LogP contribution in [0.2, 0.25) is 0 Å². The van der Waals surface area contributed by atoms with Crippen LogP contribution in [-0.4, -0.2) is 55.7 Å². The fourth-order valence-corrected chi connectivity index (χ4v) is 5.31. The van der Waals surface area contributed by atoms with Gasteiger partial charge in [-0.25, -0.2) is 8.42 Å². The Hall–Kier alpha value is 0.220. The van der Waals surface area contributed by atoms with E-state index in [4.69, 9.17) is 0 Å². The number of sulfone groups is 1. The van der Waals surface area contributed by atoms with Crippen molar-refractivity contribution in [3.63, 3.8) is 0 Å². The highest BCUT2D eigenvalue weighted by Gasteiger charge is 2.41. The van der Waals surface area contributed by atoms with Crippen LogP contribution in [-0.2, 0) is 9.84 Å². The minimum absolute atomic E-state index is 0.0899. The van der Waals surface area contributed by atoms with Crippen LogP contribution in [0.25, 0.3) is 0 Å². The lowest BCUT2D eigenvalue weighted by molar-refractivity contribution is 0.122. The Bertz CT molecular complexity index is 373. The highest BCUT2D eigenvalue weighted by atomic mass is 32.2. The first-order valence-electron chi connectivity index (χ1n) is 7.55. The molecular weight excluding hydrogens is 294 g/mol. The van der Waals surface area contributed by atoms with Gasteiger partial charge in [-0.1, -0.05) is 13.3 Å². The van der Waals surface area contributed by atoms with Crippen LogP contribution in [0.15, 0.2) is 0 Å². The molecule has 1 aliphatic rings. The zero-order chi connectivity index (χ0) is 15.1. The zero-order valence-corrected chi connectivity index (χ0v) is 14.4. The molecule has 0 aromatic heterocycles. The Morgan fingerprint density at radius 3 is 2.75 bits per heavy atom. The van der Waals surface area contributed by atoms with Crippen LogP contribution >= 0.6 is 11.8 Å². The normalized spacial score (nSPS) is 27.1. The van der Waals surface area contributed by atoms with Gasteiger partial charge in [-0.05, 0) is 43.9 Å². The van der Waals surface area contributed by atoms with Crippen LogP contribution in [0.5, 0.6) is 0 Å². The molecule has 1 aliphatic carbocycles. The Labute approximate surface area is 128 Å². The molecule has 0 heterocycles. The fourth-order valence-electron chi connectivity index (χ4n) is 2.97. The van der Waals surface area contributed by atoms with E-state index in [1.807, 2.05) is 0 Å². The van der Waals surface area contributed by atoms with Crippen LogP contribution in [0.3, 0.4) is 0 Å². The van der Waals surface area contributed by atoms with Crippen molar-refractivity contribution in [1.82, 2.24) is 5.32 Å². The highest BCUT2D eigenvalue weighted by Crippen LogP contribution is 2.38. The predicted octanol–water partition coefficient (Wildman–Crippen LogP) is 1.69. The van der Waals surface area contributed by atoms with Gasteiger partial charge in [0.1, 0.15) is 9.84 Å².